The number of likely N-dealkylation sites (N-methyl/N-ethyl adjacent to an activating group) is 1. The molecule has 0 bridgehead atoms. The van der Waals surface area contributed by atoms with Gasteiger partial charge in [0.15, 0.2) is 0 Å². The van der Waals surface area contributed by atoms with Crippen LogP contribution in [0.15, 0.2) is 6.33 Å². The third-order valence-corrected chi connectivity index (χ3v) is 4.68. The zero-order valence-corrected chi connectivity index (χ0v) is 13.3. The Hall–Kier alpha value is -1.40. The molecule has 6 nitrogen and oxygen atoms in total. The van der Waals surface area contributed by atoms with Crippen LogP contribution in [0.1, 0.15) is 31.2 Å². The van der Waals surface area contributed by atoms with Crippen LogP contribution in [-0.2, 0) is 0 Å². The van der Waals surface area contributed by atoms with Crippen LogP contribution in [0.5, 0.6) is 0 Å². The first kappa shape index (κ1) is 14.5. The van der Waals surface area contributed by atoms with Crippen LogP contribution in [0.2, 0.25) is 5.15 Å². The average molecular weight is 309 g/mol. The average Bonchev–Trinajstić information content (AvgIpc) is 3.13. The normalized spacial score (nSPS) is 16.2. The quantitative estimate of drug-likeness (QED) is 0.859. The zero-order chi connectivity index (χ0) is 14.8. The molecule has 114 valence electrons. The van der Waals surface area contributed by atoms with Crippen molar-refractivity contribution in [2.75, 3.05) is 25.5 Å². The first-order chi connectivity index (χ1) is 10.2. The van der Waals surface area contributed by atoms with Crippen molar-refractivity contribution in [2.24, 2.45) is 0 Å². The predicted molar refractivity (Wildman–Crippen MR) is 83.9 cm³/mol. The Balaban J connectivity index is 1.67. The topological polar surface area (TPSA) is 58.4 Å². The van der Waals surface area contributed by atoms with Gasteiger partial charge in [0.05, 0.1) is 0 Å². The predicted octanol–water partition coefficient (Wildman–Crippen LogP) is 2.37. The summed E-state index contributed by atoms with van der Waals surface area (Å²) in [4.78, 5) is 10.7. The smallest absolute Gasteiger partial charge is 0.255 e. The molecule has 0 spiro atoms. The Labute approximate surface area is 129 Å². The number of hydrogen-bond acceptors (Lipinski definition) is 5. The van der Waals surface area contributed by atoms with Gasteiger partial charge in [0.2, 0.25) is 0 Å². The number of hydrogen-bond donors (Lipinski definition) is 1. The number of halogens is 1. The second-order valence-electron chi connectivity index (χ2n) is 5.69. The maximum absolute atomic E-state index is 6.15. The minimum Gasteiger partial charge on any atom is -0.368 e. The van der Waals surface area contributed by atoms with Crippen LogP contribution in [0.4, 0.5) is 5.82 Å². The van der Waals surface area contributed by atoms with E-state index in [-0.39, 0.29) is 0 Å². The van der Waals surface area contributed by atoms with Crippen LogP contribution >= 0.6 is 11.6 Å². The van der Waals surface area contributed by atoms with Gasteiger partial charge in [-0.2, -0.15) is 19.6 Å². The molecule has 1 aliphatic carbocycles. The lowest BCUT2D eigenvalue weighted by Gasteiger charge is -2.24. The van der Waals surface area contributed by atoms with Crippen LogP contribution in [-0.4, -0.2) is 50.7 Å². The molecule has 1 saturated carbocycles. The standard InChI is InChI=1S/C14H21ClN6/c1-10-12(15)19-14-17-9-18-21(14)13(10)16-7-8-20(2)11-5-3-4-6-11/h9,11,16H,3-8H2,1-2H3. The molecule has 0 saturated heterocycles. The first-order valence-electron chi connectivity index (χ1n) is 7.47. The number of rotatable bonds is 5. The van der Waals surface area contributed by atoms with E-state index in [2.05, 4.69) is 32.3 Å². The van der Waals surface area contributed by atoms with E-state index < -0.39 is 0 Å². The molecule has 1 aliphatic rings. The molecule has 0 radical (unpaired) electrons. The molecule has 0 aliphatic heterocycles. The molecule has 21 heavy (non-hydrogen) atoms. The van der Waals surface area contributed by atoms with Gasteiger partial charge in [-0.05, 0) is 26.8 Å². The fourth-order valence-electron chi connectivity index (χ4n) is 2.98. The highest BCUT2D eigenvalue weighted by atomic mass is 35.5. The highest BCUT2D eigenvalue weighted by Crippen LogP contribution is 2.23. The van der Waals surface area contributed by atoms with Crippen LogP contribution < -0.4 is 5.32 Å². The van der Waals surface area contributed by atoms with Crippen molar-refractivity contribution in [3.8, 4) is 0 Å². The lowest BCUT2D eigenvalue weighted by Crippen LogP contribution is -2.33. The Morgan fingerprint density at radius 3 is 2.95 bits per heavy atom. The third-order valence-electron chi connectivity index (χ3n) is 4.31. The molecule has 2 aromatic rings. The summed E-state index contributed by atoms with van der Waals surface area (Å²) in [5.41, 5.74) is 0.901. The molecule has 7 heteroatoms. The summed E-state index contributed by atoms with van der Waals surface area (Å²) in [6, 6.07) is 0.736. The van der Waals surface area contributed by atoms with Crippen molar-refractivity contribution in [3.05, 3.63) is 17.0 Å². The number of fused-ring (bicyclic) bond motifs is 1. The summed E-state index contributed by atoms with van der Waals surface area (Å²) in [7, 11) is 2.20. The summed E-state index contributed by atoms with van der Waals surface area (Å²) in [6.07, 6.45) is 6.87. The van der Waals surface area contributed by atoms with Crippen molar-refractivity contribution in [1.29, 1.82) is 0 Å². The van der Waals surface area contributed by atoms with Crippen molar-refractivity contribution >= 4 is 23.2 Å². The molecule has 2 aromatic heterocycles. The highest BCUT2D eigenvalue weighted by Gasteiger charge is 2.19. The molecular weight excluding hydrogens is 288 g/mol. The van der Waals surface area contributed by atoms with E-state index >= 15 is 0 Å². The van der Waals surface area contributed by atoms with E-state index in [0.29, 0.717) is 10.9 Å². The highest BCUT2D eigenvalue weighted by molar-refractivity contribution is 6.30. The molecule has 0 amide bonds. The molecule has 1 N–H and O–H groups in total. The molecule has 0 aromatic carbocycles. The number of anilines is 1. The van der Waals surface area contributed by atoms with Crippen molar-refractivity contribution in [3.63, 3.8) is 0 Å². The van der Waals surface area contributed by atoms with E-state index in [1.165, 1.54) is 32.0 Å². The Morgan fingerprint density at radius 1 is 1.43 bits per heavy atom. The Morgan fingerprint density at radius 2 is 2.19 bits per heavy atom. The Bertz CT molecular complexity index is 619. The minimum atomic E-state index is 0.474. The van der Waals surface area contributed by atoms with Crippen LogP contribution in [0, 0.1) is 6.92 Å². The fourth-order valence-corrected chi connectivity index (χ4v) is 3.15. The van der Waals surface area contributed by atoms with Crippen molar-refractivity contribution < 1.29 is 0 Å². The molecule has 3 rings (SSSR count). The maximum atomic E-state index is 6.15. The number of nitrogens with one attached hydrogen (secondary N) is 1. The lowest BCUT2D eigenvalue weighted by molar-refractivity contribution is 0.254. The number of aromatic nitrogens is 4. The molecular formula is C14H21ClN6. The minimum absolute atomic E-state index is 0.474. The van der Waals surface area contributed by atoms with Gasteiger partial charge in [0.25, 0.3) is 5.78 Å². The van der Waals surface area contributed by atoms with E-state index in [4.69, 9.17) is 11.6 Å². The molecule has 2 heterocycles. The summed E-state index contributed by atoms with van der Waals surface area (Å²) < 4.78 is 1.71. The molecule has 0 atom stereocenters. The third kappa shape index (κ3) is 2.96. The van der Waals surface area contributed by atoms with E-state index in [1.54, 1.807) is 4.52 Å². The van der Waals surface area contributed by atoms with Crippen LogP contribution in [0.25, 0.3) is 5.78 Å². The maximum Gasteiger partial charge on any atom is 0.255 e. The largest absolute Gasteiger partial charge is 0.368 e. The van der Waals surface area contributed by atoms with E-state index in [9.17, 15) is 0 Å². The van der Waals surface area contributed by atoms with Gasteiger partial charge in [-0.25, -0.2) is 0 Å². The van der Waals surface area contributed by atoms with Crippen LogP contribution in [0.3, 0.4) is 0 Å². The van der Waals surface area contributed by atoms with E-state index in [0.717, 1.165) is 30.5 Å². The summed E-state index contributed by atoms with van der Waals surface area (Å²) in [5, 5.41) is 8.11. The first-order valence-corrected chi connectivity index (χ1v) is 7.84. The summed E-state index contributed by atoms with van der Waals surface area (Å²) in [6.45, 7) is 3.79. The van der Waals surface area contributed by atoms with Gasteiger partial charge < -0.3 is 10.2 Å². The summed E-state index contributed by atoms with van der Waals surface area (Å²) in [5.74, 6) is 1.40. The van der Waals surface area contributed by atoms with Crippen molar-refractivity contribution in [2.45, 2.75) is 38.6 Å². The van der Waals surface area contributed by atoms with Gasteiger partial charge in [0, 0.05) is 24.7 Å². The number of nitrogens with zero attached hydrogens (tertiary/aromatic N) is 5. The summed E-state index contributed by atoms with van der Waals surface area (Å²) >= 11 is 6.15. The van der Waals surface area contributed by atoms with Crippen molar-refractivity contribution in [1.82, 2.24) is 24.5 Å². The fraction of sp³-hybridized carbons (Fsp3) is 0.643. The molecule has 0 unspecified atom stereocenters. The van der Waals surface area contributed by atoms with Gasteiger partial charge in [-0.15, -0.1) is 0 Å². The monoisotopic (exact) mass is 308 g/mol. The molecule has 1 fully saturated rings. The van der Waals surface area contributed by atoms with E-state index in [1.807, 2.05) is 6.92 Å². The zero-order valence-electron chi connectivity index (χ0n) is 12.5. The second kappa shape index (κ2) is 6.15. The van der Waals surface area contributed by atoms with Gasteiger partial charge in [-0.3, -0.25) is 0 Å². The lowest BCUT2D eigenvalue weighted by atomic mass is 10.2. The van der Waals surface area contributed by atoms with Gasteiger partial charge in [-0.1, -0.05) is 24.4 Å². The van der Waals surface area contributed by atoms with Gasteiger partial charge in [0.1, 0.15) is 17.3 Å². The second-order valence-corrected chi connectivity index (χ2v) is 6.05. The van der Waals surface area contributed by atoms with Gasteiger partial charge >= 0.3 is 0 Å². The SMILES string of the molecule is Cc1c(Cl)nc2ncnn2c1NCCN(C)C1CCCC1. The Kier molecular flexibility index (Phi) is 4.26.